The molecule has 0 spiro atoms. The van der Waals surface area contributed by atoms with Crippen molar-refractivity contribution in [1.82, 2.24) is 9.55 Å². The lowest BCUT2D eigenvalue weighted by molar-refractivity contribution is -0.121. The molecule has 1 aromatic heterocycles. The molecule has 5 aromatic rings. The number of halogens is 2. The summed E-state index contributed by atoms with van der Waals surface area (Å²) in [6, 6.07) is 23.4. The van der Waals surface area contributed by atoms with Crippen LogP contribution in [0.25, 0.3) is 22.4 Å². The Morgan fingerprint density at radius 2 is 1.57 bits per heavy atom. The normalized spacial score (nSPS) is 11.5. The minimum atomic E-state index is -0.780. The molecule has 46 heavy (non-hydrogen) atoms. The highest BCUT2D eigenvalue weighted by Gasteiger charge is 2.25. The molecule has 13 heteroatoms. The van der Waals surface area contributed by atoms with Crippen LogP contribution in [0, 0.1) is 0 Å². The standard InChI is InChI=1S/C33H31Cl2N7O4/c1-45-24-11-7-23(8-12-24)40-32(44)20-6-13-28-27(15-20)41-31(42(28)29(30(36)43)3-2-14-39-33(37)38)19-4-9-25(10-5-19)46-26-17-21(34)16-22(35)18-26/h4-13,15-18,29H,2-3,14H2,1H3,(H2,36,43)(H,40,44)(H4,37,38,39)/t29-/m1/s1. The van der Waals surface area contributed by atoms with E-state index in [1.807, 2.05) is 12.1 Å². The zero-order valence-corrected chi connectivity index (χ0v) is 26.3. The second-order valence-corrected chi connectivity index (χ2v) is 11.2. The number of benzene rings is 4. The molecule has 0 aliphatic rings. The predicted molar refractivity (Wildman–Crippen MR) is 181 cm³/mol. The number of carbonyl (C=O) groups excluding carboxylic acids is 2. The van der Waals surface area contributed by atoms with Crippen molar-refractivity contribution in [2.45, 2.75) is 18.9 Å². The summed E-state index contributed by atoms with van der Waals surface area (Å²) in [6.07, 6.45) is 0.836. The summed E-state index contributed by atoms with van der Waals surface area (Å²) in [5, 5.41) is 3.77. The first kappa shape index (κ1) is 32.1. The van der Waals surface area contributed by atoms with Gasteiger partial charge in [0.05, 0.1) is 18.1 Å². The van der Waals surface area contributed by atoms with Crippen molar-refractivity contribution in [1.29, 1.82) is 0 Å². The smallest absolute Gasteiger partial charge is 0.255 e. The minimum Gasteiger partial charge on any atom is -0.497 e. The van der Waals surface area contributed by atoms with Gasteiger partial charge in [-0.1, -0.05) is 23.2 Å². The largest absolute Gasteiger partial charge is 0.497 e. The van der Waals surface area contributed by atoms with Gasteiger partial charge in [-0.05, 0) is 97.8 Å². The van der Waals surface area contributed by atoms with Crippen LogP contribution in [-0.4, -0.2) is 41.0 Å². The van der Waals surface area contributed by atoms with Crippen LogP contribution in [0.1, 0.15) is 29.2 Å². The van der Waals surface area contributed by atoms with Gasteiger partial charge in [0.25, 0.3) is 5.91 Å². The zero-order valence-electron chi connectivity index (χ0n) is 24.7. The molecule has 0 unspecified atom stereocenters. The van der Waals surface area contributed by atoms with Crippen molar-refractivity contribution in [2.75, 3.05) is 19.0 Å². The summed E-state index contributed by atoms with van der Waals surface area (Å²) in [5.41, 5.74) is 19.7. The predicted octanol–water partition coefficient (Wildman–Crippen LogP) is 6.14. The number of aromatic nitrogens is 2. The maximum atomic E-state index is 13.2. The third-order valence-electron chi connectivity index (χ3n) is 7.05. The van der Waals surface area contributed by atoms with Crippen molar-refractivity contribution in [3.05, 3.63) is 101 Å². The summed E-state index contributed by atoms with van der Waals surface area (Å²) in [6.45, 7) is 0.323. The number of anilines is 1. The van der Waals surface area contributed by atoms with Crippen LogP contribution in [-0.2, 0) is 4.79 Å². The lowest BCUT2D eigenvalue weighted by Crippen LogP contribution is -2.27. The fourth-order valence-corrected chi connectivity index (χ4v) is 5.43. The van der Waals surface area contributed by atoms with Gasteiger partial charge in [0.15, 0.2) is 5.96 Å². The Kier molecular flexibility index (Phi) is 9.94. The van der Waals surface area contributed by atoms with Crippen molar-refractivity contribution >= 4 is 57.7 Å². The molecule has 2 amide bonds. The topological polar surface area (TPSA) is 173 Å². The number of imidazole rings is 1. The van der Waals surface area contributed by atoms with Gasteiger partial charge < -0.3 is 36.6 Å². The molecule has 0 saturated carbocycles. The van der Waals surface area contributed by atoms with E-state index in [0.29, 0.717) is 80.4 Å². The van der Waals surface area contributed by atoms with E-state index in [0.717, 1.165) is 0 Å². The molecule has 4 aromatic carbocycles. The number of rotatable bonds is 12. The van der Waals surface area contributed by atoms with Gasteiger partial charge in [0.2, 0.25) is 5.91 Å². The summed E-state index contributed by atoms with van der Waals surface area (Å²) < 4.78 is 12.9. The van der Waals surface area contributed by atoms with Crippen LogP contribution in [0.15, 0.2) is 89.9 Å². The molecule has 0 fully saturated rings. The molecule has 0 radical (unpaired) electrons. The Morgan fingerprint density at radius 1 is 0.891 bits per heavy atom. The van der Waals surface area contributed by atoms with Crippen molar-refractivity contribution in [3.8, 4) is 28.6 Å². The molecule has 5 rings (SSSR count). The Hall–Kier alpha value is -5.26. The quantitative estimate of drug-likeness (QED) is 0.0706. The van der Waals surface area contributed by atoms with Crippen LogP contribution < -0.4 is 32.0 Å². The van der Waals surface area contributed by atoms with Crippen molar-refractivity contribution < 1.29 is 19.1 Å². The molecule has 236 valence electrons. The van der Waals surface area contributed by atoms with E-state index in [1.165, 1.54) is 0 Å². The fourth-order valence-electron chi connectivity index (χ4n) is 4.92. The van der Waals surface area contributed by atoms with Gasteiger partial charge in [0.1, 0.15) is 29.1 Å². The Bertz CT molecular complexity index is 1880. The van der Waals surface area contributed by atoms with Gasteiger partial charge in [-0.3, -0.25) is 14.6 Å². The first-order chi connectivity index (χ1) is 22.1. The van der Waals surface area contributed by atoms with Gasteiger partial charge in [0, 0.05) is 33.4 Å². The summed E-state index contributed by atoms with van der Waals surface area (Å²) in [7, 11) is 1.57. The maximum absolute atomic E-state index is 13.2. The average Bonchev–Trinajstić information content (AvgIpc) is 3.39. The number of amides is 2. The molecule has 7 N–H and O–H groups in total. The van der Waals surface area contributed by atoms with E-state index in [-0.39, 0.29) is 11.9 Å². The molecular formula is C33H31Cl2N7O4. The van der Waals surface area contributed by atoms with Gasteiger partial charge in [-0.2, -0.15) is 0 Å². The van der Waals surface area contributed by atoms with Crippen molar-refractivity contribution in [3.63, 3.8) is 0 Å². The van der Waals surface area contributed by atoms with Crippen LogP contribution in [0.3, 0.4) is 0 Å². The first-order valence-electron chi connectivity index (χ1n) is 14.2. The number of primary amides is 1. The van der Waals surface area contributed by atoms with E-state index < -0.39 is 11.9 Å². The number of carbonyl (C=O) groups is 2. The summed E-state index contributed by atoms with van der Waals surface area (Å²) in [4.78, 5) is 34.9. The number of nitrogens with zero attached hydrogens (tertiary/aromatic N) is 3. The highest BCUT2D eigenvalue weighted by molar-refractivity contribution is 6.34. The molecule has 1 atom stereocenters. The molecule has 11 nitrogen and oxygen atoms in total. The SMILES string of the molecule is COc1ccc(NC(=O)c2ccc3c(c2)nc(-c2ccc(Oc4cc(Cl)cc(Cl)c4)cc2)n3[C@H](CCCN=C(N)N)C(N)=O)cc1. The number of nitrogens with one attached hydrogen (secondary N) is 1. The van der Waals surface area contributed by atoms with Crippen LogP contribution in [0.2, 0.25) is 10.0 Å². The number of aliphatic imine (C=N–C) groups is 1. The number of methoxy groups -OCH3 is 1. The number of ether oxygens (including phenoxy) is 2. The Morgan fingerprint density at radius 3 is 2.20 bits per heavy atom. The summed E-state index contributed by atoms with van der Waals surface area (Å²) >= 11 is 12.2. The molecule has 0 aliphatic carbocycles. The second kappa shape index (κ2) is 14.2. The number of nitrogens with two attached hydrogens (primary N) is 3. The lowest BCUT2D eigenvalue weighted by atomic mass is 10.1. The lowest BCUT2D eigenvalue weighted by Gasteiger charge is -2.19. The van der Waals surface area contributed by atoms with E-state index in [2.05, 4.69) is 10.3 Å². The Labute approximate surface area is 274 Å². The summed E-state index contributed by atoms with van der Waals surface area (Å²) in [5.74, 6) is 1.25. The second-order valence-electron chi connectivity index (χ2n) is 10.3. The van der Waals surface area contributed by atoms with E-state index in [4.69, 9.17) is 54.9 Å². The third-order valence-corrected chi connectivity index (χ3v) is 7.49. The van der Waals surface area contributed by atoms with E-state index >= 15 is 0 Å². The van der Waals surface area contributed by atoms with E-state index in [9.17, 15) is 9.59 Å². The minimum absolute atomic E-state index is 0.0350. The van der Waals surface area contributed by atoms with Crippen LogP contribution in [0.4, 0.5) is 5.69 Å². The van der Waals surface area contributed by atoms with Gasteiger partial charge >= 0.3 is 0 Å². The zero-order chi connectivity index (χ0) is 32.8. The highest BCUT2D eigenvalue weighted by Crippen LogP contribution is 2.34. The first-order valence-corrected chi connectivity index (χ1v) is 14.9. The molecular weight excluding hydrogens is 629 g/mol. The number of hydrogen-bond donors (Lipinski definition) is 4. The average molecular weight is 661 g/mol. The molecule has 0 aliphatic heterocycles. The number of guanidine groups is 1. The molecule has 0 bridgehead atoms. The third kappa shape index (κ3) is 7.68. The van der Waals surface area contributed by atoms with Crippen LogP contribution >= 0.6 is 23.2 Å². The number of fused-ring (bicyclic) bond motifs is 1. The van der Waals surface area contributed by atoms with Gasteiger partial charge in [-0.15, -0.1) is 0 Å². The maximum Gasteiger partial charge on any atom is 0.255 e. The van der Waals surface area contributed by atoms with Crippen molar-refractivity contribution in [2.24, 2.45) is 22.2 Å². The monoisotopic (exact) mass is 659 g/mol. The highest BCUT2D eigenvalue weighted by atomic mass is 35.5. The van der Waals surface area contributed by atoms with Gasteiger partial charge in [-0.25, -0.2) is 4.98 Å². The van der Waals surface area contributed by atoms with E-state index in [1.54, 1.807) is 84.5 Å². The fraction of sp³-hybridized carbons (Fsp3) is 0.152. The number of hydrogen-bond acceptors (Lipinski definition) is 6. The molecule has 1 heterocycles. The van der Waals surface area contributed by atoms with Crippen LogP contribution in [0.5, 0.6) is 17.2 Å². The Balaban J connectivity index is 1.51. The molecule has 0 saturated heterocycles.